The topological polar surface area (TPSA) is 14.8 Å². The molecule has 3 heterocycles. The van der Waals surface area contributed by atoms with Gasteiger partial charge in [0.1, 0.15) is 0 Å². The van der Waals surface area contributed by atoms with Crippen molar-refractivity contribution in [3.63, 3.8) is 0 Å². The van der Waals surface area contributed by atoms with Crippen molar-refractivity contribution in [3.05, 3.63) is 181 Å². The Hall–Kier alpha value is -6.58. The lowest BCUT2D eigenvalue weighted by Crippen LogP contribution is -2.03. The predicted molar refractivity (Wildman–Crippen MR) is 215 cm³/mol. The van der Waals surface area contributed by atoms with Crippen molar-refractivity contribution in [3.8, 4) is 28.2 Å². The SMILES string of the molecule is C1=Cc2c(n(-c3ccc(-c4ccccc4)cc3)c3cc4c(cc23)c2ccccc2n4-c2ccc3c(c2)c2ccccc2n3-c2ccccc2)CC1. The van der Waals surface area contributed by atoms with Crippen LogP contribution in [0.2, 0.25) is 0 Å². The van der Waals surface area contributed by atoms with Gasteiger partial charge in [0.25, 0.3) is 0 Å². The summed E-state index contributed by atoms with van der Waals surface area (Å²) in [6.07, 6.45) is 6.75. The molecule has 3 aromatic heterocycles. The van der Waals surface area contributed by atoms with E-state index in [4.69, 9.17) is 0 Å². The van der Waals surface area contributed by atoms with Crippen LogP contribution in [-0.2, 0) is 6.42 Å². The average Bonchev–Trinajstić information content (AvgIpc) is 3.83. The van der Waals surface area contributed by atoms with Crippen LogP contribution in [0.5, 0.6) is 0 Å². The fourth-order valence-electron chi connectivity index (χ4n) is 8.64. The minimum absolute atomic E-state index is 1.02. The van der Waals surface area contributed by atoms with Crippen molar-refractivity contribution in [2.75, 3.05) is 0 Å². The van der Waals surface area contributed by atoms with Gasteiger partial charge < -0.3 is 13.7 Å². The van der Waals surface area contributed by atoms with Crippen molar-refractivity contribution in [2.24, 2.45) is 0 Å². The van der Waals surface area contributed by atoms with Gasteiger partial charge in [0, 0.05) is 55.3 Å². The molecule has 7 aromatic carbocycles. The molecule has 0 atom stereocenters. The molecular formula is C48H33N3. The number of hydrogen-bond acceptors (Lipinski definition) is 0. The fourth-order valence-corrected chi connectivity index (χ4v) is 8.64. The number of rotatable bonds is 4. The Bertz CT molecular complexity index is 2990. The maximum Gasteiger partial charge on any atom is 0.0562 e. The predicted octanol–water partition coefficient (Wildman–Crippen LogP) is 12.5. The van der Waals surface area contributed by atoms with Gasteiger partial charge in [-0.2, -0.15) is 0 Å². The van der Waals surface area contributed by atoms with E-state index in [-0.39, 0.29) is 0 Å². The molecule has 1 aliphatic carbocycles. The van der Waals surface area contributed by atoms with Gasteiger partial charge in [-0.1, -0.05) is 109 Å². The van der Waals surface area contributed by atoms with Crippen LogP contribution in [0.3, 0.4) is 0 Å². The summed E-state index contributed by atoms with van der Waals surface area (Å²) in [4.78, 5) is 0. The average molecular weight is 652 g/mol. The number of hydrogen-bond donors (Lipinski definition) is 0. The van der Waals surface area contributed by atoms with Crippen LogP contribution >= 0.6 is 0 Å². The largest absolute Gasteiger partial charge is 0.313 e. The van der Waals surface area contributed by atoms with Crippen LogP contribution in [-0.4, -0.2) is 13.7 Å². The lowest BCUT2D eigenvalue weighted by atomic mass is 10.0. The third-order valence-electron chi connectivity index (χ3n) is 10.9. The second-order valence-corrected chi connectivity index (χ2v) is 13.7. The Morgan fingerprint density at radius 3 is 1.65 bits per heavy atom. The highest BCUT2D eigenvalue weighted by Crippen LogP contribution is 2.41. The van der Waals surface area contributed by atoms with Crippen LogP contribution in [0, 0.1) is 0 Å². The molecule has 0 saturated heterocycles. The molecule has 240 valence electrons. The standard InChI is InChI=1S/C48H33N3/c1-3-13-32(14-4-1)33-23-25-35(26-24-33)50-44-21-11-8-18-38(44)41-30-42-39-19-9-12-22-45(39)51(48(42)31-47(41)50)36-27-28-46-40(29-36)37-17-7-10-20-43(37)49(46)34-15-5-2-6-16-34/h1-10,12-20,22-31H,11,21H2. The van der Waals surface area contributed by atoms with E-state index in [2.05, 4.69) is 190 Å². The van der Waals surface area contributed by atoms with Gasteiger partial charge in [0.2, 0.25) is 0 Å². The van der Waals surface area contributed by atoms with Crippen molar-refractivity contribution < 1.29 is 0 Å². The van der Waals surface area contributed by atoms with E-state index in [9.17, 15) is 0 Å². The van der Waals surface area contributed by atoms with Gasteiger partial charge in [-0.15, -0.1) is 0 Å². The zero-order chi connectivity index (χ0) is 33.5. The monoisotopic (exact) mass is 651 g/mol. The summed E-state index contributed by atoms with van der Waals surface area (Å²) in [7, 11) is 0. The second kappa shape index (κ2) is 11.0. The Morgan fingerprint density at radius 1 is 0.353 bits per heavy atom. The van der Waals surface area contributed by atoms with Gasteiger partial charge >= 0.3 is 0 Å². The van der Waals surface area contributed by atoms with Crippen LogP contribution < -0.4 is 0 Å². The van der Waals surface area contributed by atoms with Gasteiger partial charge in [0.05, 0.1) is 27.6 Å². The summed E-state index contributed by atoms with van der Waals surface area (Å²) < 4.78 is 7.38. The lowest BCUT2D eigenvalue weighted by molar-refractivity contribution is 0.888. The molecule has 0 bridgehead atoms. The molecule has 0 unspecified atom stereocenters. The van der Waals surface area contributed by atoms with E-state index in [0.717, 1.165) is 12.8 Å². The third-order valence-corrected chi connectivity index (χ3v) is 10.9. The summed E-state index contributed by atoms with van der Waals surface area (Å²) in [6.45, 7) is 0. The first-order valence-electron chi connectivity index (χ1n) is 17.8. The highest BCUT2D eigenvalue weighted by atomic mass is 15.0. The second-order valence-electron chi connectivity index (χ2n) is 13.7. The molecule has 11 rings (SSSR count). The van der Waals surface area contributed by atoms with E-state index in [1.54, 1.807) is 0 Å². The van der Waals surface area contributed by atoms with E-state index >= 15 is 0 Å². The molecule has 10 aromatic rings. The number of aromatic nitrogens is 3. The molecule has 0 fully saturated rings. The number of fused-ring (bicyclic) bond motifs is 9. The zero-order valence-electron chi connectivity index (χ0n) is 28.0. The first-order chi connectivity index (χ1) is 25.3. The maximum atomic E-state index is 2.51. The molecule has 0 saturated carbocycles. The highest BCUT2D eigenvalue weighted by molar-refractivity contribution is 6.16. The Morgan fingerprint density at radius 2 is 0.902 bits per heavy atom. The van der Waals surface area contributed by atoms with Crippen LogP contribution in [0.15, 0.2) is 170 Å². The Kier molecular flexibility index (Phi) is 6.08. The van der Waals surface area contributed by atoms with Gasteiger partial charge in [-0.05, 0) is 90.7 Å². The normalized spacial score (nSPS) is 12.9. The van der Waals surface area contributed by atoms with Gasteiger partial charge in [-0.3, -0.25) is 0 Å². The van der Waals surface area contributed by atoms with Crippen molar-refractivity contribution in [2.45, 2.75) is 12.8 Å². The maximum absolute atomic E-state index is 2.51. The summed E-state index contributed by atoms with van der Waals surface area (Å²) in [5.41, 5.74) is 14.9. The molecule has 0 spiro atoms. The van der Waals surface area contributed by atoms with Crippen LogP contribution in [0.4, 0.5) is 0 Å². The number of benzene rings is 7. The first-order valence-corrected chi connectivity index (χ1v) is 17.8. The fraction of sp³-hybridized carbons (Fsp3) is 0.0417. The molecule has 0 aliphatic heterocycles. The summed E-state index contributed by atoms with van der Waals surface area (Å²) in [5.74, 6) is 0. The highest BCUT2D eigenvalue weighted by Gasteiger charge is 2.22. The molecule has 0 amide bonds. The third kappa shape index (κ3) is 4.18. The lowest BCUT2D eigenvalue weighted by Gasteiger charge is -2.14. The summed E-state index contributed by atoms with van der Waals surface area (Å²) in [5, 5.41) is 6.37. The Balaban J connectivity index is 1.18. The first kappa shape index (κ1) is 28.3. The molecule has 51 heavy (non-hydrogen) atoms. The van der Waals surface area contributed by atoms with Gasteiger partial charge in [-0.25, -0.2) is 0 Å². The number of para-hydroxylation sites is 3. The minimum Gasteiger partial charge on any atom is -0.313 e. The van der Waals surface area contributed by atoms with E-state index in [1.807, 2.05) is 0 Å². The number of allylic oxidation sites excluding steroid dienone is 1. The number of nitrogens with zero attached hydrogens (tertiary/aromatic N) is 3. The Labute approximate surface area is 295 Å². The zero-order valence-corrected chi connectivity index (χ0v) is 28.0. The minimum atomic E-state index is 1.02. The van der Waals surface area contributed by atoms with Crippen molar-refractivity contribution >= 4 is 60.6 Å². The molecular weight excluding hydrogens is 619 g/mol. The van der Waals surface area contributed by atoms with E-state index in [1.165, 1.54) is 94.0 Å². The van der Waals surface area contributed by atoms with Gasteiger partial charge in [0.15, 0.2) is 0 Å². The summed E-state index contributed by atoms with van der Waals surface area (Å²) >= 11 is 0. The van der Waals surface area contributed by atoms with Crippen LogP contribution in [0.1, 0.15) is 17.7 Å². The van der Waals surface area contributed by atoms with E-state index < -0.39 is 0 Å². The van der Waals surface area contributed by atoms with E-state index in [0.29, 0.717) is 0 Å². The smallest absolute Gasteiger partial charge is 0.0562 e. The quantitative estimate of drug-likeness (QED) is 0.180. The molecule has 0 radical (unpaired) electrons. The molecule has 0 N–H and O–H groups in total. The summed E-state index contributed by atoms with van der Waals surface area (Å²) in [6, 6.07) is 60.0. The van der Waals surface area contributed by atoms with Crippen molar-refractivity contribution in [1.29, 1.82) is 0 Å². The van der Waals surface area contributed by atoms with Crippen LogP contribution in [0.25, 0.3) is 88.8 Å². The molecule has 3 nitrogen and oxygen atoms in total. The molecule has 1 aliphatic rings. The van der Waals surface area contributed by atoms with Crippen molar-refractivity contribution in [1.82, 2.24) is 13.7 Å². The molecule has 3 heteroatoms.